The van der Waals surface area contributed by atoms with Crippen molar-refractivity contribution in [1.29, 1.82) is 0 Å². The van der Waals surface area contributed by atoms with Gasteiger partial charge in [0.05, 0.1) is 5.69 Å². The van der Waals surface area contributed by atoms with Gasteiger partial charge in [-0.2, -0.15) is 0 Å². The molecule has 2 amide bonds. The number of halogens is 2. The molecule has 152 valence electrons. The van der Waals surface area contributed by atoms with Gasteiger partial charge in [0, 0.05) is 32.7 Å². The molecule has 2 aliphatic rings. The Bertz CT molecular complexity index is 905. The van der Waals surface area contributed by atoms with Crippen LogP contribution in [0.25, 0.3) is 0 Å². The van der Waals surface area contributed by atoms with E-state index in [0.717, 1.165) is 5.56 Å². The zero-order chi connectivity index (χ0) is 20.4. The van der Waals surface area contributed by atoms with Gasteiger partial charge < -0.3 is 15.1 Å². The van der Waals surface area contributed by atoms with Gasteiger partial charge in [-0.05, 0) is 42.7 Å². The van der Waals surface area contributed by atoms with Gasteiger partial charge in [0.25, 0.3) is 0 Å². The second-order valence-corrected chi connectivity index (χ2v) is 7.62. The van der Waals surface area contributed by atoms with E-state index in [2.05, 4.69) is 5.32 Å². The first kappa shape index (κ1) is 19.4. The normalized spacial score (nSPS) is 17.7. The van der Waals surface area contributed by atoms with Crippen LogP contribution in [0.5, 0.6) is 0 Å². The molecule has 0 aromatic heterocycles. The molecule has 1 aliphatic carbocycles. The van der Waals surface area contributed by atoms with Crippen LogP contribution in [0.2, 0.25) is 0 Å². The third kappa shape index (κ3) is 3.95. The highest BCUT2D eigenvalue weighted by atomic mass is 19.1. The van der Waals surface area contributed by atoms with Gasteiger partial charge in [-0.3, -0.25) is 9.59 Å². The smallest absolute Gasteiger partial charge is 0.238 e. The maximum atomic E-state index is 14.0. The third-order valence-electron chi connectivity index (χ3n) is 5.72. The van der Waals surface area contributed by atoms with Crippen molar-refractivity contribution in [3.63, 3.8) is 0 Å². The van der Waals surface area contributed by atoms with Gasteiger partial charge in [-0.25, -0.2) is 8.78 Å². The van der Waals surface area contributed by atoms with E-state index in [0.29, 0.717) is 44.7 Å². The average Bonchev–Trinajstić information content (AvgIpc) is 3.55. The van der Waals surface area contributed by atoms with Crippen molar-refractivity contribution < 1.29 is 18.4 Å². The van der Waals surface area contributed by atoms with E-state index < -0.39 is 5.41 Å². The van der Waals surface area contributed by atoms with E-state index in [4.69, 9.17) is 0 Å². The number of carbonyl (C=O) groups is 2. The molecule has 1 N–H and O–H groups in total. The summed E-state index contributed by atoms with van der Waals surface area (Å²) in [6.45, 7) is 2.23. The van der Waals surface area contributed by atoms with E-state index in [1.54, 1.807) is 35.2 Å². The summed E-state index contributed by atoms with van der Waals surface area (Å²) >= 11 is 0. The molecule has 0 spiro atoms. The Kier molecular flexibility index (Phi) is 5.22. The topological polar surface area (TPSA) is 52.7 Å². The summed E-state index contributed by atoms with van der Waals surface area (Å²) in [5.74, 6) is -1.03. The molecule has 1 heterocycles. The summed E-state index contributed by atoms with van der Waals surface area (Å²) < 4.78 is 27.0. The van der Waals surface area contributed by atoms with Crippen LogP contribution < -0.4 is 10.2 Å². The lowest BCUT2D eigenvalue weighted by atomic mass is 10.0. The zero-order valence-electron chi connectivity index (χ0n) is 16.0. The first-order valence-corrected chi connectivity index (χ1v) is 9.81. The van der Waals surface area contributed by atoms with E-state index in [1.807, 2.05) is 4.90 Å². The molecule has 2 aromatic carbocycles. The first-order valence-electron chi connectivity index (χ1n) is 9.81. The minimum atomic E-state index is -0.986. The molecule has 0 unspecified atom stereocenters. The molecule has 7 heteroatoms. The van der Waals surface area contributed by atoms with Crippen LogP contribution in [-0.2, 0) is 16.1 Å². The highest BCUT2D eigenvalue weighted by Gasteiger charge is 2.58. The molecule has 2 fully saturated rings. The molecule has 29 heavy (non-hydrogen) atoms. The van der Waals surface area contributed by atoms with E-state index in [-0.39, 0.29) is 30.0 Å². The van der Waals surface area contributed by atoms with Gasteiger partial charge >= 0.3 is 0 Å². The highest BCUT2D eigenvalue weighted by Crippen LogP contribution is 2.47. The Balaban J connectivity index is 1.34. The molecular formula is C22H23F2N3O2. The SMILES string of the molecule is O=C(NCc1ccc(F)cc1)C1(C(=O)N2CCN(c3ccccc3F)CC2)CC1. The van der Waals surface area contributed by atoms with Crippen molar-refractivity contribution in [3.8, 4) is 0 Å². The lowest BCUT2D eigenvalue weighted by molar-refractivity contribution is -0.144. The standard InChI is InChI=1S/C22H23F2N3O2/c23-17-7-5-16(6-8-17)15-25-20(28)22(9-10-22)21(29)27-13-11-26(12-14-27)19-4-2-1-3-18(19)24/h1-8H,9-15H2,(H,25,28). The molecule has 5 nitrogen and oxygen atoms in total. The minimum absolute atomic E-state index is 0.151. The minimum Gasteiger partial charge on any atom is -0.366 e. The molecule has 0 radical (unpaired) electrons. The predicted octanol–water partition coefficient (Wildman–Crippen LogP) is 2.71. The average molecular weight is 399 g/mol. The number of para-hydroxylation sites is 1. The molecule has 2 aromatic rings. The lowest BCUT2D eigenvalue weighted by Gasteiger charge is -2.37. The number of rotatable bonds is 5. The fraction of sp³-hybridized carbons (Fsp3) is 0.364. The maximum absolute atomic E-state index is 14.0. The van der Waals surface area contributed by atoms with Crippen molar-refractivity contribution in [2.45, 2.75) is 19.4 Å². The number of nitrogens with zero attached hydrogens (tertiary/aromatic N) is 2. The molecule has 0 bridgehead atoms. The quantitative estimate of drug-likeness (QED) is 0.787. The summed E-state index contributed by atoms with van der Waals surface area (Å²) in [5.41, 5.74) is 0.333. The molecule has 1 aliphatic heterocycles. The molecular weight excluding hydrogens is 376 g/mol. The molecule has 4 rings (SSSR count). The number of hydrogen-bond acceptors (Lipinski definition) is 3. The molecule has 1 saturated carbocycles. The highest BCUT2D eigenvalue weighted by molar-refractivity contribution is 6.07. The van der Waals surface area contributed by atoms with Crippen LogP contribution in [0.1, 0.15) is 18.4 Å². The van der Waals surface area contributed by atoms with Crippen LogP contribution in [0.15, 0.2) is 48.5 Å². The van der Waals surface area contributed by atoms with Gasteiger partial charge in [0.15, 0.2) is 0 Å². The summed E-state index contributed by atoms with van der Waals surface area (Å²) in [7, 11) is 0. The fourth-order valence-electron chi connectivity index (χ4n) is 3.78. The summed E-state index contributed by atoms with van der Waals surface area (Å²) in [6.07, 6.45) is 1.07. The summed E-state index contributed by atoms with van der Waals surface area (Å²) in [5, 5.41) is 2.81. The Morgan fingerprint density at radius 3 is 2.21 bits per heavy atom. The van der Waals surface area contributed by atoms with Crippen molar-refractivity contribution in [1.82, 2.24) is 10.2 Å². The van der Waals surface area contributed by atoms with E-state index in [9.17, 15) is 18.4 Å². The Labute approximate surface area is 168 Å². The predicted molar refractivity (Wildman–Crippen MR) is 105 cm³/mol. The third-order valence-corrected chi connectivity index (χ3v) is 5.72. The summed E-state index contributed by atoms with van der Waals surface area (Å²) in [4.78, 5) is 29.3. The van der Waals surface area contributed by atoms with Crippen LogP contribution in [0.3, 0.4) is 0 Å². The number of anilines is 1. The van der Waals surface area contributed by atoms with E-state index in [1.165, 1.54) is 18.2 Å². The number of benzene rings is 2. The van der Waals surface area contributed by atoms with Crippen LogP contribution >= 0.6 is 0 Å². The number of nitrogens with one attached hydrogen (secondary N) is 1. The van der Waals surface area contributed by atoms with Crippen molar-refractivity contribution in [3.05, 3.63) is 65.7 Å². The van der Waals surface area contributed by atoms with Gasteiger partial charge in [0.2, 0.25) is 11.8 Å². The Morgan fingerprint density at radius 1 is 0.931 bits per heavy atom. The van der Waals surface area contributed by atoms with E-state index >= 15 is 0 Å². The van der Waals surface area contributed by atoms with Crippen molar-refractivity contribution >= 4 is 17.5 Å². The largest absolute Gasteiger partial charge is 0.366 e. The van der Waals surface area contributed by atoms with Crippen LogP contribution in [0.4, 0.5) is 14.5 Å². The van der Waals surface area contributed by atoms with Gasteiger partial charge in [-0.1, -0.05) is 24.3 Å². The first-order chi connectivity index (χ1) is 14.0. The zero-order valence-corrected chi connectivity index (χ0v) is 16.0. The molecule has 1 saturated heterocycles. The number of carbonyl (C=O) groups excluding carboxylic acids is 2. The second-order valence-electron chi connectivity index (χ2n) is 7.62. The monoisotopic (exact) mass is 399 g/mol. The fourth-order valence-corrected chi connectivity index (χ4v) is 3.78. The maximum Gasteiger partial charge on any atom is 0.238 e. The van der Waals surface area contributed by atoms with Crippen molar-refractivity contribution in [2.75, 3.05) is 31.1 Å². The lowest BCUT2D eigenvalue weighted by Crippen LogP contribution is -2.53. The number of piperazine rings is 1. The Hall–Kier alpha value is -2.96. The van der Waals surface area contributed by atoms with Crippen LogP contribution in [0, 0.1) is 17.0 Å². The second kappa shape index (κ2) is 7.81. The van der Waals surface area contributed by atoms with Gasteiger partial charge in [0.1, 0.15) is 17.0 Å². The van der Waals surface area contributed by atoms with Crippen LogP contribution in [-0.4, -0.2) is 42.9 Å². The number of hydrogen-bond donors (Lipinski definition) is 1. The Morgan fingerprint density at radius 2 is 1.59 bits per heavy atom. The summed E-state index contributed by atoms with van der Waals surface area (Å²) in [6, 6.07) is 12.5. The number of amides is 2. The molecule has 0 atom stereocenters. The van der Waals surface area contributed by atoms with Crippen molar-refractivity contribution in [2.24, 2.45) is 5.41 Å². The van der Waals surface area contributed by atoms with Gasteiger partial charge in [-0.15, -0.1) is 0 Å².